The molecule has 2 aliphatic rings. The molecule has 0 aromatic heterocycles. The van der Waals surface area contributed by atoms with Gasteiger partial charge in [0, 0.05) is 12.0 Å². The van der Waals surface area contributed by atoms with Gasteiger partial charge in [0.2, 0.25) is 0 Å². The number of hydrogen-bond donors (Lipinski definition) is 0. The lowest BCUT2D eigenvalue weighted by molar-refractivity contribution is -0.154. The molecule has 2 fully saturated rings. The minimum atomic E-state index is -0.566. The Morgan fingerprint density at radius 2 is 1.96 bits per heavy atom. The molecule has 1 aromatic rings. The van der Waals surface area contributed by atoms with Gasteiger partial charge in [0.05, 0.1) is 6.61 Å². The number of benzene rings is 1. The third-order valence-corrected chi connectivity index (χ3v) is 5.06. The quantitative estimate of drug-likeness (QED) is 0.781. The molecule has 2 heterocycles. The first-order valence-corrected chi connectivity index (χ1v) is 8.86. The summed E-state index contributed by atoms with van der Waals surface area (Å²) in [7, 11) is 0. The van der Waals surface area contributed by atoms with E-state index in [1.165, 1.54) is 45.2 Å². The predicted molar refractivity (Wildman–Crippen MR) is 89.4 cm³/mol. The number of nitrogens with zero attached hydrogens (tertiary/aromatic N) is 1. The fraction of sp³-hybridized carbons (Fsp3) is 0.632. The maximum absolute atomic E-state index is 12.2. The molecular weight excluding hydrogens is 290 g/mol. The summed E-state index contributed by atoms with van der Waals surface area (Å²) in [5.41, 5.74) is 0. The highest BCUT2D eigenvalue weighted by atomic mass is 16.6. The average molecular weight is 317 g/mol. The lowest BCUT2D eigenvalue weighted by Gasteiger charge is -2.44. The molecule has 0 radical (unpaired) electrons. The highest BCUT2D eigenvalue weighted by Gasteiger charge is 2.34. The molecule has 126 valence electrons. The summed E-state index contributed by atoms with van der Waals surface area (Å²) in [6, 6.07) is 10.0. The summed E-state index contributed by atoms with van der Waals surface area (Å²) in [4.78, 5) is 14.8. The smallest absolute Gasteiger partial charge is 0.347 e. The molecule has 0 unspecified atom stereocenters. The van der Waals surface area contributed by atoms with Crippen LogP contribution in [0.15, 0.2) is 30.3 Å². The Bertz CT molecular complexity index is 503. The van der Waals surface area contributed by atoms with E-state index in [-0.39, 0.29) is 5.97 Å². The van der Waals surface area contributed by atoms with E-state index in [9.17, 15) is 4.79 Å². The van der Waals surface area contributed by atoms with Crippen LogP contribution in [0.25, 0.3) is 0 Å². The van der Waals surface area contributed by atoms with Crippen LogP contribution in [0.1, 0.15) is 39.0 Å². The van der Waals surface area contributed by atoms with Gasteiger partial charge in [0.25, 0.3) is 0 Å². The van der Waals surface area contributed by atoms with Crippen LogP contribution < -0.4 is 4.74 Å². The number of piperidine rings is 2. The summed E-state index contributed by atoms with van der Waals surface area (Å²) in [5, 5.41) is 0. The molecule has 4 heteroatoms. The van der Waals surface area contributed by atoms with Crippen LogP contribution >= 0.6 is 0 Å². The Hall–Kier alpha value is -1.55. The summed E-state index contributed by atoms with van der Waals surface area (Å²) >= 11 is 0. The van der Waals surface area contributed by atoms with Crippen molar-refractivity contribution in [2.45, 2.75) is 51.2 Å². The highest BCUT2D eigenvalue weighted by Crippen LogP contribution is 2.31. The van der Waals surface area contributed by atoms with Gasteiger partial charge in [-0.25, -0.2) is 4.79 Å². The van der Waals surface area contributed by atoms with Gasteiger partial charge in [-0.2, -0.15) is 0 Å². The van der Waals surface area contributed by atoms with Crippen molar-refractivity contribution in [1.82, 2.24) is 4.90 Å². The monoisotopic (exact) mass is 317 g/mol. The largest absolute Gasteiger partial charge is 0.479 e. The average Bonchev–Trinajstić information content (AvgIpc) is 2.60. The van der Waals surface area contributed by atoms with E-state index in [1.54, 1.807) is 6.92 Å². The molecule has 1 aromatic carbocycles. The molecule has 0 aliphatic carbocycles. The Morgan fingerprint density at radius 1 is 1.17 bits per heavy atom. The van der Waals surface area contributed by atoms with Crippen molar-refractivity contribution in [3.05, 3.63) is 30.3 Å². The molecule has 2 saturated heterocycles. The molecule has 2 aliphatic heterocycles. The second kappa shape index (κ2) is 7.82. The summed E-state index contributed by atoms with van der Waals surface area (Å²) in [5.74, 6) is 0.923. The first-order valence-electron chi connectivity index (χ1n) is 8.86. The van der Waals surface area contributed by atoms with Crippen LogP contribution in [0, 0.1) is 5.92 Å². The van der Waals surface area contributed by atoms with Gasteiger partial charge in [-0.3, -0.25) is 4.90 Å². The Balaban J connectivity index is 1.48. The van der Waals surface area contributed by atoms with Crippen molar-refractivity contribution in [3.63, 3.8) is 0 Å². The Morgan fingerprint density at radius 3 is 2.78 bits per heavy atom. The Kier molecular flexibility index (Phi) is 5.55. The van der Waals surface area contributed by atoms with Crippen LogP contribution in [0.2, 0.25) is 0 Å². The predicted octanol–water partition coefficient (Wildman–Crippen LogP) is 3.26. The zero-order valence-electron chi connectivity index (χ0n) is 13.9. The fourth-order valence-electron chi connectivity index (χ4n) is 3.83. The minimum Gasteiger partial charge on any atom is -0.479 e. The molecule has 0 N–H and O–H groups in total. The van der Waals surface area contributed by atoms with Gasteiger partial charge in [0.1, 0.15) is 5.75 Å². The minimum absolute atomic E-state index is 0.262. The van der Waals surface area contributed by atoms with Crippen molar-refractivity contribution >= 4 is 5.97 Å². The van der Waals surface area contributed by atoms with E-state index >= 15 is 0 Å². The fourth-order valence-corrected chi connectivity index (χ4v) is 3.83. The summed E-state index contributed by atoms with van der Waals surface area (Å²) in [6.07, 6.45) is 5.68. The topological polar surface area (TPSA) is 38.8 Å². The standard InChI is InChI=1S/C19H27NO3/c1-15(23-17-9-3-2-4-10-17)19(21)22-14-16-8-7-13-20-12-6-5-11-18(16)20/h2-4,9-10,15-16,18H,5-8,11-14H2,1H3/t15-,16-,18+/m0/s1. The number of ether oxygens (including phenoxy) is 2. The number of rotatable bonds is 5. The van der Waals surface area contributed by atoms with E-state index in [1.807, 2.05) is 30.3 Å². The second-order valence-electron chi connectivity index (χ2n) is 6.70. The van der Waals surface area contributed by atoms with Crippen LogP contribution in [-0.4, -0.2) is 42.7 Å². The van der Waals surface area contributed by atoms with Crippen LogP contribution in [0.5, 0.6) is 5.75 Å². The van der Waals surface area contributed by atoms with Gasteiger partial charge in [-0.05, 0) is 57.8 Å². The van der Waals surface area contributed by atoms with Crippen molar-refractivity contribution in [1.29, 1.82) is 0 Å². The lowest BCUT2D eigenvalue weighted by atomic mass is 9.84. The third kappa shape index (κ3) is 4.25. The van der Waals surface area contributed by atoms with Crippen molar-refractivity contribution in [2.24, 2.45) is 5.92 Å². The normalized spacial score (nSPS) is 26.1. The van der Waals surface area contributed by atoms with E-state index < -0.39 is 6.10 Å². The van der Waals surface area contributed by atoms with Crippen LogP contribution in [0.4, 0.5) is 0 Å². The number of carbonyl (C=O) groups is 1. The van der Waals surface area contributed by atoms with Gasteiger partial charge >= 0.3 is 5.97 Å². The molecule has 3 atom stereocenters. The number of fused-ring (bicyclic) bond motifs is 1. The Labute approximate surface area is 138 Å². The lowest BCUT2D eigenvalue weighted by Crippen LogP contribution is -2.49. The first kappa shape index (κ1) is 16.3. The molecule has 3 rings (SSSR count). The number of carbonyl (C=O) groups excluding carboxylic acids is 1. The van der Waals surface area contributed by atoms with E-state index in [2.05, 4.69) is 4.90 Å². The zero-order valence-corrected chi connectivity index (χ0v) is 13.9. The van der Waals surface area contributed by atoms with Crippen LogP contribution in [-0.2, 0) is 9.53 Å². The van der Waals surface area contributed by atoms with Gasteiger partial charge in [-0.1, -0.05) is 24.6 Å². The molecule has 23 heavy (non-hydrogen) atoms. The van der Waals surface area contributed by atoms with Gasteiger partial charge in [0.15, 0.2) is 6.10 Å². The maximum atomic E-state index is 12.2. The number of hydrogen-bond acceptors (Lipinski definition) is 4. The molecule has 0 saturated carbocycles. The van der Waals surface area contributed by atoms with Crippen molar-refractivity contribution < 1.29 is 14.3 Å². The summed E-state index contributed by atoms with van der Waals surface area (Å²) in [6.45, 7) is 4.71. The third-order valence-electron chi connectivity index (χ3n) is 5.06. The maximum Gasteiger partial charge on any atom is 0.347 e. The number of para-hydroxylation sites is 1. The van der Waals surface area contributed by atoms with Crippen molar-refractivity contribution in [3.8, 4) is 5.75 Å². The van der Waals surface area contributed by atoms with Crippen molar-refractivity contribution in [2.75, 3.05) is 19.7 Å². The summed E-state index contributed by atoms with van der Waals surface area (Å²) < 4.78 is 11.2. The van der Waals surface area contributed by atoms with Gasteiger partial charge in [-0.15, -0.1) is 0 Å². The van der Waals surface area contributed by atoms with Crippen LogP contribution in [0.3, 0.4) is 0 Å². The molecular formula is C19H27NO3. The molecule has 0 bridgehead atoms. The van der Waals surface area contributed by atoms with E-state index in [4.69, 9.17) is 9.47 Å². The molecule has 0 amide bonds. The number of esters is 1. The first-order chi connectivity index (χ1) is 11.2. The van der Waals surface area contributed by atoms with E-state index in [0.717, 1.165) is 0 Å². The second-order valence-corrected chi connectivity index (χ2v) is 6.70. The molecule has 4 nitrogen and oxygen atoms in total. The zero-order chi connectivity index (χ0) is 16.1. The SMILES string of the molecule is C[C@H](Oc1ccccc1)C(=O)OC[C@@H]1CCCN2CCCC[C@H]12. The van der Waals surface area contributed by atoms with E-state index in [0.29, 0.717) is 24.3 Å². The highest BCUT2D eigenvalue weighted by molar-refractivity contribution is 5.74. The van der Waals surface area contributed by atoms with Gasteiger partial charge < -0.3 is 9.47 Å². The molecule has 0 spiro atoms.